The number of benzene rings is 8. The summed E-state index contributed by atoms with van der Waals surface area (Å²) in [4.78, 5) is 57.6. The van der Waals surface area contributed by atoms with Crippen LogP contribution in [0.15, 0.2) is 253 Å². The number of carbonyl (C=O) groups is 3. The molecular weight excluding hydrogens is 1670 g/mol. The predicted molar refractivity (Wildman–Crippen MR) is 445 cm³/mol. The number of amides is 3. The zero-order valence-electron chi connectivity index (χ0n) is 68.0. The lowest BCUT2D eigenvalue weighted by molar-refractivity contribution is -0.138. The highest BCUT2D eigenvalue weighted by Gasteiger charge is 2.34. The number of hydrogen-bond donors (Lipinski definition) is 4. The molecule has 4 unspecified atom stereocenters. The summed E-state index contributed by atoms with van der Waals surface area (Å²) in [5, 5.41) is 45.5. The van der Waals surface area contributed by atoms with Crippen LogP contribution in [-0.2, 0) is 57.9 Å². The fraction of sp³-hybridized carbons (Fsp3) is 0.297. The van der Waals surface area contributed by atoms with E-state index in [0.29, 0.717) is 30.4 Å². The predicted octanol–water partition coefficient (Wildman–Crippen LogP) is 18.1. The lowest BCUT2D eigenvalue weighted by Gasteiger charge is -2.26. The summed E-state index contributed by atoms with van der Waals surface area (Å²) in [6.45, 7) is 9.84. The van der Waals surface area contributed by atoms with Crippen LogP contribution in [-0.4, -0.2) is 161 Å². The van der Waals surface area contributed by atoms with Gasteiger partial charge in [0, 0.05) is 75.7 Å². The molecule has 4 N–H and O–H groups in total. The Bertz CT molecular complexity index is 5050. The average molecular weight is 1770 g/mol. The van der Waals surface area contributed by atoms with Crippen molar-refractivity contribution in [2.24, 2.45) is 7.05 Å². The number of rotatable bonds is 33. The van der Waals surface area contributed by atoms with E-state index in [2.05, 4.69) is 57.1 Å². The van der Waals surface area contributed by atoms with Gasteiger partial charge in [0.1, 0.15) is 79.5 Å². The smallest absolute Gasteiger partial charge is 0.416 e. The Hall–Kier alpha value is -11.7. The molecule has 11 aromatic rings. The second-order valence-electron chi connectivity index (χ2n) is 28.9. The first-order valence-electron chi connectivity index (χ1n) is 38.7. The molecule has 0 bridgehead atoms. The Morgan fingerprint density at radius 1 is 0.427 bits per heavy atom. The topological polar surface area (TPSA) is 226 Å². The Kier molecular flexibility index (Phi) is 35.3. The number of aliphatic hydroxyl groups is 4. The fourth-order valence-corrected chi connectivity index (χ4v) is 13.5. The van der Waals surface area contributed by atoms with Gasteiger partial charge >= 0.3 is 24.7 Å². The zero-order valence-corrected chi connectivity index (χ0v) is 69.6. The van der Waals surface area contributed by atoms with Gasteiger partial charge in [0.2, 0.25) is 0 Å². The van der Waals surface area contributed by atoms with E-state index in [4.69, 9.17) is 18.9 Å². The van der Waals surface area contributed by atoms with E-state index in [0.717, 1.165) is 88.3 Å². The van der Waals surface area contributed by atoms with Gasteiger partial charge in [-0.3, -0.25) is 19.3 Å². The van der Waals surface area contributed by atoms with Gasteiger partial charge in [0.05, 0.1) is 47.4 Å². The number of alkyl halides is 12. The molecule has 124 heavy (non-hydrogen) atoms. The third-order valence-electron chi connectivity index (χ3n) is 19.2. The molecule has 0 aliphatic heterocycles. The molecule has 3 amide bonds. The van der Waals surface area contributed by atoms with Crippen molar-refractivity contribution >= 4 is 40.4 Å². The fourth-order valence-electron chi connectivity index (χ4n) is 12.4. The van der Waals surface area contributed by atoms with Crippen LogP contribution in [0.3, 0.4) is 0 Å². The van der Waals surface area contributed by atoms with Gasteiger partial charge in [-0.2, -0.15) is 52.7 Å². The number of aliphatic hydroxyl groups excluding tert-OH is 4. The van der Waals surface area contributed by atoms with Gasteiger partial charge in [-0.05, 0) is 181 Å². The Morgan fingerprint density at radius 2 is 0.774 bits per heavy atom. The molecule has 3 heterocycles. The average Bonchev–Trinajstić information content (AvgIpc) is 1.73. The quantitative estimate of drug-likeness (QED) is 0.0281. The summed E-state index contributed by atoms with van der Waals surface area (Å²) < 4.78 is 175. The Balaban J connectivity index is 0.000000187. The van der Waals surface area contributed by atoms with Crippen LogP contribution in [0.2, 0.25) is 0 Å². The van der Waals surface area contributed by atoms with Gasteiger partial charge in [-0.15, -0.1) is 22.7 Å². The molecule has 0 radical (unpaired) electrons. The van der Waals surface area contributed by atoms with Crippen molar-refractivity contribution in [1.29, 1.82) is 0 Å². The number of imidazole rings is 1. The largest absolute Gasteiger partial charge is 0.491 e. The first-order chi connectivity index (χ1) is 58.9. The molecule has 0 fully saturated rings. The number of nitrogens with zero attached hydrogens (tertiary/aromatic N) is 8. The molecule has 3 aromatic heterocycles. The van der Waals surface area contributed by atoms with Gasteiger partial charge < -0.3 is 58.6 Å². The van der Waals surface area contributed by atoms with E-state index in [1.807, 2.05) is 106 Å². The van der Waals surface area contributed by atoms with E-state index in [1.165, 1.54) is 115 Å². The van der Waals surface area contributed by atoms with Gasteiger partial charge in [-0.25, -0.2) is 15.0 Å². The number of hydrogen-bond acceptors (Lipinski definition) is 17. The zero-order chi connectivity index (χ0) is 89.7. The maximum atomic E-state index is 13.1. The highest BCUT2D eigenvalue weighted by Crippen LogP contribution is 2.35. The van der Waals surface area contributed by atoms with E-state index in [9.17, 15) is 87.5 Å². The molecule has 19 nitrogen and oxygen atoms in total. The molecular formula is C91H92F12N8O11S2. The Labute approximate surface area is 717 Å². The summed E-state index contributed by atoms with van der Waals surface area (Å²) in [7, 11) is 1.70. The third kappa shape index (κ3) is 30.7. The minimum absolute atomic E-state index is 0.00449. The van der Waals surface area contributed by atoms with Crippen molar-refractivity contribution in [3.05, 3.63) is 336 Å². The first-order valence-corrected chi connectivity index (χ1v) is 40.6. The number of allylic oxidation sites excluding steroid dienone is 2. The molecule has 658 valence electrons. The van der Waals surface area contributed by atoms with Crippen molar-refractivity contribution in [2.45, 2.75) is 109 Å². The molecule has 0 saturated heterocycles. The van der Waals surface area contributed by atoms with Crippen molar-refractivity contribution in [3.8, 4) is 23.0 Å². The van der Waals surface area contributed by atoms with Gasteiger partial charge in [0.25, 0.3) is 17.7 Å². The number of thiazole rings is 2. The van der Waals surface area contributed by atoms with Crippen LogP contribution in [0.4, 0.5) is 52.7 Å². The van der Waals surface area contributed by atoms with Crippen LogP contribution in [0, 0.1) is 27.7 Å². The van der Waals surface area contributed by atoms with E-state index >= 15 is 0 Å². The van der Waals surface area contributed by atoms with Crippen LogP contribution in [0.1, 0.15) is 104 Å². The molecule has 0 saturated carbocycles. The number of halogens is 12. The lowest BCUT2D eigenvalue weighted by atomic mass is 10.1. The van der Waals surface area contributed by atoms with Gasteiger partial charge in [0.15, 0.2) is 10.8 Å². The van der Waals surface area contributed by atoms with Crippen molar-refractivity contribution in [3.63, 3.8) is 0 Å². The number of carbonyl (C=O) groups excluding carboxylic acids is 3. The van der Waals surface area contributed by atoms with Crippen molar-refractivity contribution in [2.75, 3.05) is 59.2 Å². The van der Waals surface area contributed by atoms with Crippen LogP contribution in [0.25, 0.3) is 0 Å². The first kappa shape index (κ1) is 96.1. The summed E-state index contributed by atoms with van der Waals surface area (Å²) in [6, 6.07) is 48.1. The second-order valence-corrected chi connectivity index (χ2v) is 30.5. The number of aryl methyl sites for hydroxylation is 5. The second kappa shape index (κ2) is 45.6. The third-order valence-corrected chi connectivity index (χ3v) is 20.5. The molecule has 33 heteroatoms. The summed E-state index contributed by atoms with van der Waals surface area (Å²) in [5.41, 5.74) is 8.17. The minimum atomic E-state index is -4.43. The van der Waals surface area contributed by atoms with Crippen LogP contribution < -0.4 is 18.9 Å². The van der Waals surface area contributed by atoms with Crippen molar-refractivity contribution < 1.29 is 106 Å². The number of ether oxygens (including phenoxy) is 4. The van der Waals surface area contributed by atoms with Crippen LogP contribution >= 0.6 is 22.7 Å². The van der Waals surface area contributed by atoms with E-state index in [-0.39, 0.29) is 112 Å². The highest BCUT2D eigenvalue weighted by atomic mass is 32.1. The minimum Gasteiger partial charge on any atom is -0.491 e. The monoisotopic (exact) mass is 1760 g/mol. The molecule has 4 atom stereocenters. The number of aromatic nitrogens is 4. The normalized spacial score (nSPS) is 13.0. The Morgan fingerprint density at radius 3 is 1.08 bits per heavy atom. The molecule has 8 aromatic carbocycles. The van der Waals surface area contributed by atoms with Crippen molar-refractivity contribution in [1.82, 2.24) is 39.1 Å². The summed E-state index contributed by atoms with van der Waals surface area (Å²) in [6.07, 6.45) is -9.60. The maximum Gasteiger partial charge on any atom is 0.416 e. The standard InChI is InChI=1S/C24H26F3NO2.C23H24F3N3O3.2C22H21F3N2O3S/c1-18-6-2-5-9-20(18)15-28(14-19-7-3-4-8-19)16-22(29)17-30-23-12-10-21(11-13-23)24(25,26)27;1-16-5-3-4-6-17(16)13-29(22(31)21-27-11-12-28(21)2)14-19(30)15-32-20-9-7-18(8-10-20)23(24,25)26;1-15-4-2-3-5-16(15)10-27(21(29)20-13-31-14-26-20)11-18(28)12-30-19-8-6-17(7-9-19)22(23,24)25;1-15-4-2-3-5-16(15)12-27(21(29)20-26-10-11-31-20)13-18(28)14-30-19-8-6-17(7-9-19)22(23,24)25/h2-3,5-13,22,29H,4,14-17H2,1H3;3-12,19,30H,13-15H2,1-2H3;2-9,13-14,18,28H,10-12H2,1H3;2-11,18,28H,12-14H2,1H3. The lowest BCUT2D eigenvalue weighted by Crippen LogP contribution is -2.40. The molecule has 1 aliphatic carbocycles. The molecule has 12 rings (SSSR count). The highest BCUT2D eigenvalue weighted by molar-refractivity contribution is 7.11. The van der Waals surface area contributed by atoms with Crippen LogP contribution in [0.5, 0.6) is 23.0 Å². The SMILES string of the molecule is Cc1ccccc1CN(CC(O)COc1ccc(C(F)(F)F)cc1)C(=O)c1cscn1.Cc1ccccc1CN(CC(O)COc1ccc(C(F)(F)F)cc1)C(=O)c1nccn1C.Cc1ccccc1CN(CC(O)COc1ccc(C(F)(F)F)cc1)C(=O)c1nccs1.Cc1ccccc1CN(CC1=CCC=C1)CC(O)COc1ccc(C(F)(F)F)cc1. The maximum absolute atomic E-state index is 13.1. The van der Waals surface area contributed by atoms with Gasteiger partial charge in [-0.1, -0.05) is 115 Å². The van der Waals surface area contributed by atoms with E-state index in [1.54, 1.807) is 34.1 Å². The van der Waals surface area contributed by atoms with E-state index < -0.39 is 71.4 Å². The summed E-state index contributed by atoms with van der Waals surface area (Å²) >= 11 is 2.51. The molecule has 1 aliphatic rings. The molecule has 0 spiro atoms. The summed E-state index contributed by atoms with van der Waals surface area (Å²) in [5.74, 6) is 0.132.